The fourth-order valence-electron chi connectivity index (χ4n) is 3.92. The van der Waals surface area contributed by atoms with Gasteiger partial charge in [0.1, 0.15) is 0 Å². The van der Waals surface area contributed by atoms with Gasteiger partial charge in [-0.05, 0) is 123 Å². The molecule has 3 aromatic rings. The Morgan fingerprint density at radius 1 is 0.417 bits per heavy atom. The lowest BCUT2D eigenvalue weighted by Gasteiger charge is -2.19. The van der Waals surface area contributed by atoms with E-state index >= 15 is 0 Å². The monoisotopic (exact) mass is 750 g/mol. The fraction of sp³-hybridized carbons (Fsp3) is 0.308. The summed E-state index contributed by atoms with van der Waals surface area (Å²) >= 11 is 14.7. The molecule has 3 aromatic carbocycles. The van der Waals surface area contributed by atoms with Gasteiger partial charge in [0.05, 0.1) is 51.6 Å². The molecule has 10 heteroatoms. The van der Waals surface area contributed by atoms with Crippen LogP contribution >= 0.6 is 63.7 Å². The topological polar surface area (TPSA) is 55.4 Å². The maximum absolute atomic E-state index is 5.62. The van der Waals surface area contributed by atoms with Gasteiger partial charge in [0.2, 0.25) is 0 Å². The predicted octanol–water partition coefficient (Wildman–Crippen LogP) is 7.97. The minimum Gasteiger partial charge on any atom is -0.493 e. The van der Waals surface area contributed by atoms with Crippen LogP contribution in [0.4, 0.5) is 0 Å². The van der Waals surface area contributed by atoms with Crippen LogP contribution in [-0.2, 0) is 12.8 Å². The first-order valence-electron chi connectivity index (χ1n) is 10.7. The zero-order chi connectivity index (χ0) is 26.6. The van der Waals surface area contributed by atoms with Crippen molar-refractivity contribution in [1.29, 1.82) is 0 Å². The van der Waals surface area contributed by atoms with Crippen LogP contribution in [0.5, 0.6) is 34.5 Å². The zero-order valence-corrected chi connectivity index (χ0v) is 27.0. The fourth-order valence-corrected chi connectivity index (χ4v) is 6.01. The molecule has 0 heterocycles. The molecule has 0 aliphatic carbocycles. The van der Waals surface area contributed by atoms with E-state index in [-0.39, 0.29) is 0 Å². The van der Waals surface area contributed by atoms with Crippen LogP contribution in [0.2, 0.25) is 0 Å². The van der Waals surface area contributed by atoms with Crippen molar-refractivity contribution < 1.29 is 28.4 Å². The molecule has 36 heavy (non-hydrogen) atoms. The van der Waals surface area contributed by atoms with Crippen molar-refractivity contribution in [3.8, 4) is 34.5 Å². The molecular formula is C26H26Br4O6. The normalized spacial score (nSPS) is 10.7. The molecule has 0 N–H and O–H groups in total. The van der Waals surface area contributed by atoms with Crippen molar-refractivity contribution in [2.45, 2.75) is 12.8 Å². The summed E-state index contributed by atoms with van der Waals surface area (Å²) in [5.74, 6) is 3.82. The highest BCUT2D eigenvalue weighted by atomic mass is 79.9. The van der Waals surface area contributed by atoms with Crippen LogP contribution in [0.25, 0.3) is 0 Å². The van der Waals surface area contributed by atoms with Crippen LogP contribution < -0.4 is 28.4 Å². The number of halogens is 4. The van der Waals surface area contributed by atoms with Gasteiger partial charge in [0, 0.05) is 8.95 Å². The Balaban J connectivity index is 2.17. The lowest BCUT2D eigenvalue weighted by Crippen LogP contribution is -2.04. The average Bonchev–Trinajstić information content (AvgIpc) is 2.89. The molecule has 0 aliphatic heterocycles. The summed E-state index contributed by atoms with van der Waals surface area (Å²) < 4.78 is 36.8. The number of ether oxygens (including phenoxy) is 6. The second kappa shape index (κ2) is 12.8. The highest BCUT2D eigenvalue weighted by molar-refractivity contribution is 9.13. The predicted molar refractivity (Wildman–Crippen MR) is 155 cm³/mol. The molecule has 0 saturated carbocycles. The number of benzene rings is 3. The van der Waals surface area contributed by atoms with Crippen LogP contribution in [0, 0.1) is 0 Å². The van der Waals surface area contributed by atoms with Crippen molar-refractivity contribution >= 4 is 63.7 Å². The number of hydrogen-bond donors (Lipinski definition) is 0. The maximum atomic E-state index is 5.62. The van der Waals surface area contributed by atoms with Gasteiger partial charge in [-0.2, -0.15) is 0 Å². The minimum atomic E-state index is 0.599. The highest BCUT2D eigenvalue weighted by Gasteiger charge is 2.21. The van der Waals surface area contributed by atoms with Gasteiger partial charge in [0.25, 0.3) is 0 Å². The molecule has 0 aliphatic rings. The van der Waals surface area contributed by atoms with E-state index in [1.807, 2.05) is 24.3 Å². The zero-order valence-electron chi connectivity index (χ0n) is 20.7. The van der Waals surface area contributed by atoms with Crippen molar-refractivity contribution in [2.75, 3.05) is 42.7 Å². The van der Waals surface area contributed by atoms with Gasteiger partial charge in [-0.25, -0.2) is 0 Å². The molecule has 0 unspecified atom stereocenters. The molecule has 0 bridgehead atoms. The van der Waals surface area contributed by atoms with Crippen LogP contribution in [0.1, 0.15) is 22.3 Å². The van der Waals surface area contributed by atoms with E-state index in [9.17, 15) is 0 Å². The molecule has 0 aromatic heterocycles. The first kappa shape index (κ1) is 28.9. The first-order valence-corrected chi connectivity index (χ1v) is 13.8. The third-order valence-corrected chi connectivity index (χ3v) is 10.1. The second-order valence-corrected chi connectivity index (χ2v) is 10.8. The lowest BCUT2D eigenvalue weighted by atomic mass is 9.94. The van der Waals surface area contributed by atoms with Gasteiger partial charge in [0.15, 0.2) is 34.5 Å². The van der Waals surface area contributed by atoms with Crippen LogP contribution in [-0.4, -0.2) is 42.7 Å². The Kier molecular flexibility index (Phi) is 10.3. The van der Waals surface area contributed by atoms with E-state index in [1.165, 1.54) is 0 Å². The third kappa shape index (κ3) is 5.76. The van der Waals surface area contributed by atoms with Crippen LogP contribution in [0.15, 0.2) is 42.2 Å². The summed E-state index contributed by atoms with van der Waals surface area (Å²) in [5, 5.41) is 0. The molecular weight excluding hydrogens is 728 g/mol. The van der Waals surface area contributed by atoms with E-state index in [0.717, 1.165) is 40.1 Å². The molecule has 0 amide bonds. The Morgan fingerprint density at radius 3 is 1.00 bits per heavy atom. The summed E-state index contributed by atoms with van der Waals surface area (Å²) in [4.78, 5) is 0. The lowest BCUT2D eigenvalue weighted by molar-refractivity contribution is 0.352. The summed E-state index contributed by atoms with van der Waals surface area (Å²) in [6.45, 7) is 0. The van der Waals surface area contributed by atoms with E-state index in [1.54, 1.807) is 42.7 Å². The Labute approximate surface area is 245 Å². The van der Waals surface area contributed by atoms with E-state index in [0.29, 0.717) is 47.3 Å². The first-order chi connectivity index (χ1) is 17.2. The van der Waals surface area contributed by atoms with Gasteiger partial charge in [-0.1, -0.05) is 0 Å². The Bertz CT molecular complexity index is 1170. The van der Waals surface area contributed by atoms with E-state index in [2.05, 4.69) is 63.7 Å². The van der Waals surface area contributed by atoms with Gasteiger partial charge >= 0.3 is 0 Å². The van der Waals surface area contributed by atoms with Crippen molar-refractivity contribution in [3.05, 3.63) is 64.4 Å². The second-order valence-electron chi connectivity index (χ2n) is 7.63. The molecule has 0 radical (unpaired) electrons. The maximum Gasteiger partial charge on any atom is 0.176 e. The summed E-state index contributed by atoms with van der Waals surface area (Å²) in [5.41, 5.74) is 4.15. The molecule has 0 spiro atoms. The molecule has 0 fully saturated rings. The number of rotatable bonds is 10. The summed E-state index contributed by atoms with van der Waals surface area (Å²) in [6, 6.07) is 7.96. The quantitative estimate of drug-likeness (QED) is 0.210. The van der Waals surface area contributed by atoms with E-state index in [4.69, 9.17) is 28.4 Å². The smallest absolute Gasteiger partial charge is 0.176 e. The van der Waals surface area contributed by atoms with Gasteiger partial charge in [-0.3, -0.25) is 0 Å². The summed E-state index contributed by atoms with van der Waals surface area (Å²) in [6.07, 6.45) is 1.20. The van der Waals surface area contributed by atoms with Gasteiger partial charge in [-0.15, -0.1) is 0 Å². The standard InChI is InChI=1S/C26H26Br4O6/c1-31-17-9-13(7-15-11-19(33-3)25(35-5)23(29)21(15)27)14(10-18(17)32-2)8-16-12-20(34-4)26(36-6)24(30)22(16)28/h9-12H,7-8H2,1-6H3. The average molecular weight is 754 g/mol. The highest BCUT2D eigenvalue weighted by Crippen LogP contribution is 2.45. The molecule has 0 saturated heterocycles. The number of hydrogen-bond acceptors (Lipinski definition) is 6. The van der Waals surface area contributed by atoms with Crippen molar-refractivity contribution in [1.82, 2.24) is 0 Å². The third-order valence-electron chi connectivity index (χ3n) is 5.72. The summed E-state index contributed by atoms with van der Waals surface area (Å²) in [7, 11) is 9.73. The SMILES string of the molecule is COc1cc(Cc2cc(OC)c(OC)c(Br)c2Br)c(Cc2cc(OC)c(OC)c(Br)c2Br)cc1OC. The molecule has 194 valence electrons. The van der Waals surface area contributed by atoms with Crippen LogP contribution in [0.3, 0.4) is 0 Å². The van der Waals surface area contributed by atoms with Gasteiger partial charge < -0.3 is 28.4 Å². The Hall–Kier alpha value is -1.62. The molecule has 6 nitrogen and oxygen atoms in total. The molecule has 0 atom stereocenters. The van der Waals surface area contributed by atoms with Crippen molar-refractivity contribution in [3.63, 3.8) is 0 Å². The Morgan fingerprint density at radius 2 is 0.722 bits per heavy atom. The minimum absolute atomic E-state index is 0.599. The number of methoxy groups -OCH3 is 6. The van der Waals surface area contributed by atoms with Crippen molar-refractivity contribution in [2.24, 2.45) is 0 Å². The largest absolute Gasteiger partial charge is 0.493 e. The van der Waals surface area contributed by atoms with E-state index < -0.39 is 0 Å². The molecule has 3 rings (SSSR count).